The van der Waals surface area contributed by atoms with Crippen molar-refractivity contribution in [3.8, 4) is 5.75 Å². The summed E-state index contributed by atoms with van der Waals surface area (Å²) in [4.78, 5) is 22.7. The number of benzene rings is 1. The molecule has 0 spiro atoms. The number of esters is 1. The normalized spacial score (nSPS) is 13.0. The number of carbonyl (C=O) groups is 2. The van der Waals surface area contributed by atoms with Crippen LogP contribution in [0.3, 0.4) is 0 Å². The SMILES string of the molecule is CC(C)C(OC(=O)c1ccc(I)c(I)c1O)C(F)(F)C(=O)O. The van der Waals surface area contributed by atoms with Crippen molar-refractivity contribution in [1.82, 2.24) is 0 Å². The Morgan fingerprint density at radius 2 is 1.82 bits per heavy atom. The third-order valence-corrected chi connectivity index (χ3v) is 5.79. The van der Waals surface area contributed by atoms with Crippen molar-refractivity contribution in [2.24, 2.45) is 5.92 Å². The van der Waals surface area contributed by atoms with Crippen LogP contribution in [-0.4, -0.2) is 34.2 Å². The van der Waals surface area contributed by atoms with Crippen LogP contribution in [0.15, 0.2) is 12.1 Å². The highest BCUT2D eigenvalue weighted by Crippen LogP contribution is 2.32. The van der Waals surface area contributed by atoms with E-state index in [2.05, 4.69) is 4.74 Å². The Hall–Kier alpha value is -0.720. The fourth-order valence-electron chi connectivity index (χ4n) is 1.63. The maximum atomic E-state index is 13.6. The molecular formula is C13H12F2I2O5. The van der Waals surface area contributed by atoms with Gasteiger partial charge < -0.3 is 14.9 Å². The van der Waals surface area contributed by atoms with Gasteiger partial charge in [0.05, 0.1) is 3.57 Å². The lowest BCUT2D eigenvalue weighted by Gasteiger charge is -2.26. The molecule has 1 aromatic rings. The van der Waals surface area contributed by atoms with E-state index in [1.54, 1.807) is 22.6 Å². The summed E-state index contributed by atoms with van der Waals surface area (Å²) in [6.45, 7) is 2.62. The van der Waals surface area contributed by atoms with E-state index in [9.17, 15) is 23.5 Å². The first kappa shape index (κ1) is 19.3. The van der Waals surface area contributed by atoms with Crippen LogP contribution in [0.4, 0.5) is 8.78 Å². The van der Waals surface area contributed by atoms with Gasteiger partial charge in [0.15, 0.2) is 6.10 Å². The maximum absolute atomic E-state index is 13.6. The van der Waals surface area contributed by atoms with Crippen molar-refractivity contribution < 1.29 is 33.3 Å². The zero-order valence-electron chi connectivity index (χ0n) is 11.4. The van der Waals surface area contributed by atoms with Crippen molar-refractivity contribution in [3.63, 3.8) is 0 Å². The van der Waals surface area contributed by atoms with Gasteiger partial charge in [0.1, 0.15) is 11.3 Å². The minimum Gasteiger partial charge on any atom is -0.506 e. The van der Waals surface area contributed by atoms with Crippen molar-refractivity contribution in [1.29, 1.82) is 0 Å². The highest BCUT2D eigenvalue weighted by atomic mass is 127. The lowest BCUT2D eigenvalue weighted by molar-refractivity contribution is -0.187. The average Bonchev–Trinajstić information content (AvgIpc) is 2.41. The first-order chi connectivity index (χ1) is 10.00. The van der Waals surface area contributed by atoms with Crippen molar-refractivity contribution in [2.75, 3.05) is 0 Å². The van der Waals surface area contributed by atoms with Gasteiger partial charge in [-0.1, -0.05) is 13.8 Å². The molecule has 0 aromatic heterocycles. The highest BCUT2D eigenvalue weighted by molar-refractivity contribution is 14.1. The number of carboxylic acid groups (broad SMARTS) is 1. The minimum atomic E-state index is -4.23. The molecule has 0 aliphatic carbocycles. The third kappa shape index (κ3) is 3.97. The quantitative estimate of drug-likeness (QED) is 0.442. The molecule has 0 heterocycles. The number of carboxylic acids is 1. The molecule has 0 aliphatic rings. The van der Waals surface area contributed by atoms with Crippen molar-refractivity contribution in [3.05, 3.63) is 24.8 Å². The molecule has 0 amide bonds. The molecule has 1 unspecified atom stereocenters. The number of phenolic OH excluding ortho intramolecular Hbond substituents is 1. The van der Waals surface area contributed by atoms with Crippen LogP contribution in [0.2, 0.25) is 0 Å². The maximum Gasteiger partial charge on any atom is 0.378 e. The molecule has 0 aliphatic heterocycles. The second-order valence-electron chi connectivity index (χ2n) is 4.76. The van der Waals surface area contributed by atoms with Crippen LogP contribution in [-0.2, 0) is 9.53 Å². The monoisotopic (exact) mass is 540 g/mol. The van der Waals surface area contributed by atoms with Crippen molar-refractivity contribution >= 4 is 57.1 Å². The van der Waals surface area contributed by atoms with Gasteiger partial charge in [-0.25, -0.2) is 9.59 Å². The molecule has 0 saturated heterocycles. The van der Waals surface area contributed by atoms with Crippen LogP contribution in [0.25, 0.3) is 0 Å². The number of aromatic hydroxyl groups is 1. The van der Waals surface area contributed by atoms with Crippen LogP contribution >= 0.6 is 45.2 Å². The second-order valence-corrected chi connectivity index (χ2v) is 7.00. The lowest BCUT2D eigenvalue weighted by atomic mass is 10.0. The summed E-state index contributed by atoms with van der Waals surface area (Å²) in [6.07, 6.45) is -2.14. The Morgan fingerprint density at radius 3 is 2.27 bits per heavy atom. The average molecular weight is 540 g/mol. The topological polar surface area (TPSA) is 83.8 Å². The van der Waals surface area contributed by atoms with Gasteiger partial charge in [0.2, 0.25) is 0 Å². The van der Waals surface area contributed by atoms with E-state index in [1.165, 1.54) is 26.0 Å². The zero-order valence-corrected chi connectivity index (χ0v) is 15.8. The molecule has 9 heteroatoms. The van der Waals surface area contributed by atoms with Gasteiger partial charge >= 0.3 is 17.9 Å². The third-order valence-electron chi connectivity index (χ3n) is 2.77. The molecule has 22 heavy (non-hydrogen) atoms. The molecule has 122 valence electrons. The fraction of sp³-hybridized carbons (Fsp3) is 0.385. The molecule has 5 nitrogen and oxygen atoms in total. The Morgan fingerprint density at radius 1 is 1.27 bits per heavy atom. The van der Waals surface area contributed by atoms with Gasteiger partial charge in [-0.2, -0.15) is 8.78 Å². The first-order valence-corrected chi connectivity index (χ1v) is 8.15. The second kappa shape index (κ2) is 7.23. The number of aliphatic carboxylic acids is 1. The number of ether oxygens (including phenoxy) is 1. The predicted molar refractivity (Wildman–Crippen MR) is 90.2 cm³/mol. The summed E-state index contributed by atoms with van der Waals surface area (Å²) in [6, 6.07) is 2.75. The zero-order chi connectivity index (χ0) is 17.2. The van der Waals surface area contributed by atoms with E-state index in [1.807, 2.05) is 22.6 Å². The summed E-state index contributed by atoms with van der Waals surface area (Å²) in [5, 5.41) is 18.5. The number of rotatable bonds is 5. The molecule has 0 fully saturated rings. The number of phenols is 1. The summed E-state index contributed by atoms with van der Waals surface area (Å²) in [5.74, 6) is -9.12. The Kier molecular flexibility index (Phi) is 6.36. The van der Waals surface area contributed by atoms with Crippen LogP contribution < -0.4 is 0 Å². The largest absolute Gasteiger partial charge is 0.506 e. The Labute approximate surface area is 152 Å². The van der Waals surface area contributed by atoms with E-state index >= 15 is 0 Å². The lowest BCUT2D eigenvalue weighted by Crippen LogP contribution is -2.47. The minimum absolute atomic E-state index is 0.295. The van der Waals surface area contributed by atoms with E-state index < -0.39 is 35.6 Å². The fourth-order valence-corrected chi connectivity index (χ4v) is 2.54. The Bertz CT molecular complexity index is 604. The number of carbonyl (C=O) groups excluding carboxylic acids is 1. The summed E-state index contributed by atoms with van der Waals surface area (Å²) < 4.78 is 33.0. The summed E-state index contributed by atoms with van der Waals surface area (Å²) >= 11 is 3.72. The Balaban J connectivity index is 3.13. The number of hydrogen-bond donors (Lipinski definition) is 2. The summed E-state index contributed by atoms with van der Waals surface area (Å²) in [7, 11) is 0. The molecule has 0 saturated carbocycles. The van der Waals surface area contributed by atoms with Gasteiger partial charge in [-0.05, 0) is 63.2 Å². The van der Waals surface area contributed by atoms with Crippen LogP contribution in [0, 0.1) is 13.1 Å². The molecule has 1 atom stereocenters. The smallest absolute Gasteiger partial charge is 0.378 e. The number of alkyl halides is 2. The van der Waals surface area contributed by atoms with Crippen molar-refractivity contribution in [2.45, 2.75) is 25.9 Å². The van der Waals surface area contributed by atoms with E-state index in [4.69, 9.17) is 5.11 Å². The predicted octanol–water partition coefficient (Wildman–Crippen LogP) is 3.50. The molecule has 0 radical (unpaired) electrons. The van der Waals surface area contributed by atoms with E-state index in [0.717, 1.165) is 0 Å². The van der Waals surface area contributed by atoms with Gasteiger partial charge in [-0.3, -0.25) is 0 Å². The number of hydrogen-bond acceptors (Lipinski definition) is 4. The van der Waals surface area contributed by atoms with Gasteiger partial charge in [-0.15, -0.1) is 0 Å². The highest BCUT2D eigenvalue weighted by Gasteiger charge is 2.51. The van der Waals surface area contributed by atoms with E-state index in [0.29, 0.717) is 7.14 Å². The summed E-state index contributed by atoms with van der Waals surface area (Å²) in [5.41, 5.74) is -0.295. The van der Waals surface area contributed by atoms with Crippen LogP contribution in [0.5, 0.6) is 5.75 Å². The molecule has 1 rings (SSSR count). The number of halogens is 4. The van der Waals surface area contributed by atoms with E-state index in [-0.39, 0.29) is 5.56 Å². The molecule has 2 N–H and O–H groups in total. The first-order valence-electron chi connectivity index (χ1n) is 5.99. The standard InChI is InChI=1S/C13H12F2I2O5/c1-5(2)10(13(14,15)12(20)21)22-11(19)6-3-4-7(16)8(17)9(6)18/h3-5,10,18H,1-2H3,(H,20,21). The molecular weight excluding hydrogens is 528 g/mol. The van der Waals surface area contributed by atoms with Gasteiger partial charge in [0.25, 0.3) is 0 Å². The molecule has 0 bridgehead atoms. The van der Waals surface area contributed by atoms with Crippen LogP contribution in [0.1, 0.15) is 24.2 Å². The molecule has 1 aromatic carbocycles. The van der Waals surface area contributed by atoms with Gasteiger partial charge in [0, 0.05) is 3.57 Å².